The van der Waals surface area contributed by atoms with Crippen molar-refractivity contribution in [3.05, 3.63) is 35.4 Å². The zero-order valence-electron chi connectivity index (χ0n) is 15.0. The highest BCUT2D eigenvalue weighted by atomic mass is 32.2. The van der Waals surface area contributed by atoms with E-state index >= 15 is 0 Å². The normalized spacial score (nSPS) is 21.0. The number of piperazine rings is 1. The summed E-state index contributed by atoms with van der Waals surface area (Å²) in [5, 5.41) is 0. The first-order valence-corrected chi connectivity index (χ1v) is 10.6. The molecule has 0 bridgehead atoms. The van der Waals surface area contributed by atoms with Crippen molar-refractivity contribution in [1.29, 1.82) is 0 Å². The second-order valence-electron chi connectivity index (χ2n) is 6.79. The van der Waals surface area contributed by atoms with Crippen LogP contribution in [0.25, 0.3) is 0 Å². The average molecular weight is 365 g/mol. The molecule has 7 heteroatoms. The van der Waals surface area contributed by atoms with Gasteiger partial charge in [-0.25, -0.2) is 8.42 Å². The second kappa shape index (κ2) is 7.43. The molecule has 1 aromatic carbocycles. The van der Waals surface area contributed by atoms with Crippen LogP contribution in [0, 0.1) is 0 Å². The molecule has 0 spiro atoms. The molecule has 0 radical (unpaired) electrons. The third kappa shape index (κ3) is 3.88. The van der Waals surface area contributed by atoms with Crippen LogP contribution in [0.5, 0.6) is 0 Å². The van der Waals surface area contributed by atoms with E-state index in [1.54, 1.807) is 6.92 Å². The Morgan fingerprint density at radius 3 is 2.36 bits per heavy atom. The number of hydrogen-bond acceptors (Lipinski definition) is 4. The minimum atomic E-state index is -3.13. The van der Waals surface area contributed by atoms with E-state index in [0.29, 0.717) is 32.7 Å². The molecular weight excluding hydrogens is 338 g/mol. The summed E-state index contributed by atoms with van der Waals surface area (Å²) in [6.07, 6.45) is 0.900. The van der Waals surface area contributed by atoms with Gasteiger partial charge in [0.05, 0.1) is 11.8 Å². The number of carbonyl (C=O) groups is 1. The van der Waals surface area contributed by atoms with Crippen LogP contribution in [0.2, 0.25) is 0 Å². The van der Waals surface area contributed by atoms with Crippen molar-refractivity contribution in [2.45, 2.75) is 32.9 Å². The van der Waals surface area contributed by atoms with Crippen LogP contribution in [0.3, 0.4) is 0 Å². The molecule has 6 nitrogen and oxygen atoms in total. The van der Waals surface area contributed by atoms with Crippen molar-refractivity contribution in [1.82, 2.24) is 14.1 Å². The number of hydrogen-bond donors (Lipinski definition) is 0. The molecule has 2 aliphatic heterocycles. The van der Waals surface area contributed by atoms with Crippen molar-refractivity contribution in [2.24, 2.45) is 0 Å². The van der Waals surface area contributed by atoms with Gasteiger partial charge in [0, 0.05) is 39.3 Å². The third-order valence-electron chi connectivity index (χ3n) is 5.38. The molecule has 1 unspecified atom stereocenters. The van der Waals surface area contributed by atoms with E-state index in [4.69, 9.17) is 0 Å². The first-order valence-electron chi connectivity index (χ1n) is 9.00. The minimum absolute atomic E-state index is 0.134. The largest absolute Gasteiger partial charge is 0.337 e. The summed E-state index contributed by atoms with van der Waals surface area (Å²) in [7, 11) is -3.13. The fraction of sp³-hybridized carbons (Fsp3) is 0.611. The number of fused-ring (bicyclic) bond motifs is 1. The summed E-state index contributed by atoms with van der Waals surface area (Å²) in [6.45, 7) is 7.18. The third-order valence-corrected chi connectivity index (χ3v) is 7.26. The van der Waals surface area contributed by atoms with Crippen LogP contribution in [-0.4, -0.2) is 72.9 Å². The van der Waals surface area contributed by atoms with Gasteiger partial charge < -0.3 is 4.90 Å². The number of benzene rings is 1. The van der Waals surface area contributed by atoms with Crippen molar-refractivity contribution in [3.63, 3.8) is 0 Å². The van der Waals surface area contributed by atoms with Crippen LogP contribution < -0.4 is 0 Å². The van der Waals surface area contributed by atoms with Crippen molar-refractivity contribution in [3.8, 4) is 0 Å². The average Bonchev–Trinajstić information content (AvgIpc) is 2.66. The van der Waals surface area contributed by atoms with Gasteiger partial charge in [0.1, 0.15) is 0 Å². The zero-order valence-corrected chi connectivity index (χ0v) is 15.8. The van der Waals surface area contributed by atoms with Gasteiger partial charge in [-0.1, -0.05) is 24.3 Å². The van der Waals surface area contributed by atoms with E-state index in [1.807, 2.05) is 24.0 Å². The summed E-state index contributed by atoms with van der Waals surface area (Å²) in [4.78, 5) is 16.9. The number of carbonyl (C=O) groups excluding carboxylic acids is 1. The monoisotopic (exact) mass is 365 g/mol. The molecule has 0 saturated carbocycles. The fourth-order valence-corrected chi connectivity index (χ4v) is 4.74. The van der Waals surface area contributed by atoms with E-state index in [0.717, 1.165) is 13.0 Å². The van der Waals surface area contributed by atoms with E-state index < -0.39 is 10.0 Å². The molecule has 1 atom stereocenters. The predicted molar refractivity (Wildman–Crippen MR) is 97.6 cm³/mol. The lowest BCUT2D eigenvalue weighted by molar-refractivity contribution is -0.137. The number of nitrogens with zero attached hydrogens (tertiary/aromatic N) is 3. The molecule has 1 saturated heterocycles. The van der Waals surface area contributed by atoms with Gasteiger partial charge in [0.25, 0.3) is 0 Å². The molecule has 2 heterocycles. The number of rotatable bonds is 4. The summed E-state index contributed by atoms with van der Waals surface area (Å²) in [5.74, 6) is 0.274. The minimum Gasteiger partial charge on any atom is -0.337 e. The first kappa shape index (κ1) is 18.4. The fourth-order valence-electron chi connectivity index (χ4n) is 3.66. The molecular formula is C18H27N3O3S. The lowest BCUT2D eigenvalue weighted by atomic mass is 9.99. The Balaban J connectivity index is 1.59. The van der Waals surface area contributed by atoms with Crippen LogP contribution in [0.1, 0.15) is 25.0 Å². The Kier molecular flexibility index (Phi) is 5.46. The molecule has 2 aliphatic rings. The van der Waals surface area contributed by atoms with Gasteiger partial charge in [-0.05, 0) is 31.4 Å². The highest BCUT2D eigenvalue weighted by molar-refractivity contribution is 7.89. The maximum Gasteiger partial charge on any atom is 0.239 e. The lowest BCUT2D eigenvalue weighted by Crippen LogP contribution is -2.56. The molecule has 25 heavy (non-hydrogen) atoms. The van der Waals surface area contributed by atoms with Crippen LogP contribution >= 0.6 is 0 Å². The molecule has 1 amide bonds. The molecule has 3 rings (SSSR count). The maximum absolute atomic E-state index is 12.9. The summed E-state index contributed by atoms with van der Waals surface area (Å²) < 4.78 is 25.5. The molecule has 0 aliphatic carbocycles. The Hall–Kier alpha value is -1.44. The smallest absolute Gasteiger partial charge is 0.239 e. The van der Waals surface area contributed by atoms with E-state index in [1.165, 1.54) is 15.4 Å². The SMILES string of the molecule is CCS(=O)(=O)N1CCN(C(C)C(=O)N2CCc3ccccc3C2)CC1. The standard InChI is InChI=1S/C18H27N3O3S/c1-3-25(23,24)21-12-10-19(11-13-21)15(2)18(22)20-9-8-16-6-4-5-7-17(16)14-20/h4-7,15H,3,8-14H2,1-2H3. The summed E-state index contributed by atoms with van der Waals surface area (Å²) in [6, 6.07) is 8.07. The highest BCUT2D eigenvalue weighted by Gasteiger charge is 2.32. The van der Waals surface area contributed by atoms with Crippen molar-refractivity contribution in [2.75, 3.05) is 38.5 Å². The number of amides is 1. The predicted octanol–water partition coefficient (Wildman–Crippen LogP) is 0.927. The van der Waals surface area contributed by atoms with Gasteiger partial charge in [-0.3, -0.25) is 9.69 Å². The van der Waals surface area contributed by atoms with E-state index in [-0.39, 0.29) is 17.7 Å². The molecule has 0 aromatic heterocycles. The molecule has 1 fully saturated rings. The second-order valence-corrected chi connectivity index (χ2v) is 9.05. The Labute approximate surface area is 150 Å². The van der Waals surface area contributed by atoms with Gasteiger partial charge >= 0.3 is 0 Å². The van der Waals surface area contributed by atoms with Crippen molar-refractivity contribution >= 4 is 15.9 Å². The van der Waals surface area contributed by atoms with Crippen molar-refractivity contribution < 1.29 is 13.2 Å². The van der Waals surface area contributed by atoms with Crippen LogP contribution in [-0.2, 0) is 27.8 Å². The Bertz CT molecular complexity index is 727. The Morgan fingerprint density at radius 1 is 1.08 bits per heavy atom. The summed E-state index contributed by atoms with van der Waals surface area (Å²) in [5.41, 5.74) is 2.56. The van der Waals surface area contributed by atoms with Crippen LogP contribution in [0.4, 0.5) is 0 Å². The van der Waals surface area contributed by atoms with E-state index in [9.17, 15) is 13.2 Å². The molecule has 138 valence electrons. The van der Waals surface area contributed by atoms with Gasteiger partial charge in [-0.2, -0.15) is 4.31 Å². The maximum atomic E-state index is 12.9. The van der Waals surface area contributed by atoms with Gasteiger partial charge in [-0.15, -0.1) is 0 Å². The first-order chi connectivity index (χ1) is 11.9. The quantitative estimate of drug-likeness (QED) is 0.796. The molecule has 0 N–H and O–H groups in total. The van der Waals surface area contributed by atoms with Gasteiger partial charge in [0.15, 0.2) is 0 Å². The Morgan fingerprint density at radius 2 is 1.72 bits per heavy atom. The highest BCUT2D eigenvalue weighted by Crippen LogP contribution is 2.20. The lowest BCUT2D eigenvalue weighted by Gasteiger charge is -2.39. The number of sulfonamides is 1. The zero-order chi connectivity index (χ0) is 18.0. The topological polar surface area (TPSA) is 60.9 Å². The molecule has 1 aromatic rings. The summed E-state index contributed by atoms with van der Waals surface area (Å²) >= 11 is 0. The van der Waals surface area contributed by atoms with E-state index in [2.05, 4.69) is 17.0 Å². The van der Waals surface area contributed by atoms with Gasteiger partial charge in [0.2, 0.25) is 15.9 Å². The van der Waals surface area contributed by atoms with Crippen LogP contribution in [0.15, 0.2) is 24.3 Å².